The second-order valence-corrected chi connectivity index (χ2v) is 5.97. The summed E-state index contributed by atoms with van der Waals surface area (Å²) in [6.07, 6.45) is -0.409. The van der Waals surface area contributed by atoms with Crippen molar-refractivity contribution in [1.82, 2.24) is 4.90 Å². The molecule has 0 aromatic heterocycles. The third-order valence-electron chi connectivity index (χ3n) is 3.48. The predicted octanol–water partition coefficient (Wildman–Crippen LogP) is 3.86. The summed E-state index contributed by atoms with van der Waals surface area (Å²) in [6.45, 7) is 5.34. The van der Waals surface area contributed by atoms with Gasteiger partial charge in [0.2, 0.25) is 0 Å². The molecule has 2 rings (SSSR count). The van der Waals surface area contributed by atoms with Crippen LogP contribution in [0.1, 0.15) is 32.4 Å². The Hall–Kier alpha value is -2.36. The zero-order valence-corrected chi connectivity index (χ0v) is 12.4. The van der Waals surface area contributed by atoms with Gasteiger partial charge in [0.1, 0.15) is 12.3 Å². The molecule has 21 heavy (non-hydrogen) atoms. The highest BCUT2D eigenvalue weighted by Crippen LogP contribution is 2.31. The molecule has 110 valence electrons. The Labute approximate surface area is 124 Å². The Kier molecular flexibility index (Phi) is 3.98. The van der Waals surface area contributed by atoms with E-state index in [1.807, 2.05) is 42.5 Å². The number of carboxylic acid groups (broad SMARTS) is 1. The van der Waals surface area contributed by atoms with Crippen molar-refractivity contribution in [3.63, 3.8) is 0 Å². The minimum absolute atomic E-state index is 0.672. The molecule has 1 unspecified atom stereocenters. The third kappa shape index (κ3) is 2.89. The van der Waals surface area contributed by atoms with E-state index < -0.39 is 17.7 Å². The number of amides is 1. The summed E-state index contributed by atoms with van der Waals surface area (Å²) in [4.78, 5) is 24.5. The molecule has 0 bridgehead atoms. The van der Waals surface area contributed by atoms with Crippen molar-refractivity contribution in [2.24, 2.45) is 0 Å². The Morgan fingerprint density at radius 2 is 1.76 bits per heavy atom. The molecule has 0 aliphatic carbocycles. The van der Waals surface area contributed by atoms with Crippen molar-refractivity contribution in [3.8, 4) is 0 Å². The van der Waals surface area contributed by atoms with Crippen molar-refractivity contribution in [3.05, 3.63) is 48.0 Å². The minimum atomic E-state index is -1.10. The standard InChI is InChI=1S/C17H19NO3/c1-17(2,3)18(16(20)21)15(11-19)14-10-6-8-12-7-4-5-9-13(12)14/h4-11,15H,1-3H3,(H,20,21). The van der Waals surface area contributed by atoms with Gasteiger partial charge in [0.15, 0.2) is 0 Å². The topological polar surface area (TPSA) is 57.6 Å². The van der Waals surface area contributed by atoms with E-state index in [2.05, 4.69) is 0 Å². The Morgan fingerprint density at radius 1 is 1.14 bits per heavy atom. The number of fused-ring (bicyclic) bond motifs is 1. The minimum Gasteiger partial charge on any atom is -0.465 e. The van der Waals surface area contributed by atoms with Crippen LogP contribution in [0.2, 0.25) is 0 Å². The summed E-state index contributed by atoms with van der Waals surface area (Å²) >= 11 is 0. The highest BCUT2D eigenvalue weighted by molar-refractivity contribution is 5.89. The van der Waals surface area contributed by atoms with Crippen LogP contribution in [0.15, 0.2) is 42.5 Å². The summed E-state index contributed by atoms with van der Waals surface area (Å²) in [6, 6.07) is 12.4. The fraction of sp³-hybridized carbons (Fsp3) is 0.294. The smallest absolute Gasteiger partial charge is 0.408 e. The number of carbonyl (C=O) groups is 2. The molecule has 2 aromatic carbocycles. The summed E-state index contributed by atoms with van der Waals surface area (Å²) in [5, 5.41) is 11.4. The summed E-state index contributed by atoms with van der Waals surface area (Å²) in [5.41, 5.74) is 0.0365. The van der Waals surface area contributed by atoms with Crippen molar-refractivity contribution in [1.29, 1.82) is 0 Å². The molecule has 0 spiro atoms. The maximum absolute atomic E-state index is 11.6. The first kappa shape index (κ1) is 15.0. The molecular formula is C17H19NO3. The highest BCUT2D eigenvalue weighted by atomic mass is 16.4. The Morgan fingerprint density at radius 3 is 2.33 bits per heavy atom. The summed E-state index contributed by atoms with van der Waals surface area (Å²) in [5.74, 6) is 0. The maximum Gasteiger partial charge on any atom is 0.408 e. The van der Waals surface area contributed by atoms with Crippen molar-refractivity contribution < 1.29 is 14.7 Å². The van der Waals surface area contributed by atoms with Crippen LogP contribution in [0.4, 0.5) is 4.79 Å². The van der Waals surface area contributed by atoms with E-state index in [1.54, 1.807) is 20.8 Å². The van der Waals surface area contributed by atoms with Gasteiger partial charge in [-0.1, -0.05) is 42.5 Å². The quantitative estimate of drug-likeness (QED) is 0.871. The number of nitrogens with zero attached hydrogens (tertiary/aromatic N) is 1. The van der Waals surface area contributed by atoms with Crippen LogP contribution in [0.25, 0.3) is 10.8 Å². The fourth-order valence-electron chi connectivity index (χ4n) is 2.60. The summed E-state index contributed by atoms with van der Waals surface area (Å²) in [7, 11) is 0. The van der Waals surface area contributed by atoms with Crippen LogP contribution in [-0.4, -0.2) is 27.9 Å². The molecule has 2 aromatic rings. The molecule has 1 atom stereocenters. The third-order valence-corrected chi connectivity index (χ3v) is 3.48. The monoisotopic (exact) mass is 285 g/mol. The van der Waals surface area contributed by atoms with E-state index in [1.165, 1.54) is 4.90 Å². The maximum atomic E-state index is 11.6. The lowest BCUT2D eigenvalue weighted by Gasteiger charge is -2.37. The molecule has 0 saturated heterocycles. The number of hydrogen-bond acceptors (Lipinski definition) is 2. The molecule has 0 heterocycles. The second kappa shape index (κ2) is 5.56. The van der Waals surface area contributed by atoms with Gasteiger partial charge in [0.25, 0.3) is 0 Å². The van der Waals surface area contributed by atoms with E-state index in [-0.39, 0.29) is 0 Å². The van der Waals surface area contributed by atoms with E-state index >= 15 is 0 Å². The highest BCUT2D eigenvalue weighted by Gasteiger charge is 2.34. The van der Waals surface area contributed by atoms with Crippen molar-refractivity contribution >= 4 is 23.2 Å². The largest absolute Gasteiger partial charge is 0.465 e. The van der Waals surface area contributed by atoms with E-state index in [0.29, 0.717) is 11.8 Å². The molecule has 1 N–H and O–H groups in total. The molecule has 4 heteroatoms. The van der Waals surface area contributed by atoms with Crippen LogP contribution in [0, 0.1) is 0 Å². The molecule has 1 amide bonds. The van der Waals surface area contributed by atoms with Crippen molar-refractivity contribution in [2.75, 3.05) is 0 Å². The van der Waals surface area contributed by atoms with Gasteiger partial charge in [-0.15, -0.1) is 0 Å². The van der Waals surface area contributed by atoms with Gasteiger partial charge in [-0.25, -0.2) is 4.79 Å². The van der Waals surface area contributed by atoms with Gasteiger partial charge >= 0.3 is 6.09 Å². The molecule has 0 fully saturated rings. The normalized spacial score (nSPS) is 12.9. The number of carbonyl (C=O) groups excluding carboxylic acids is 1. The summed E-state index contributed by atoms with van der Waals surface area (Å²) < 4.78 is 0. The first-order chi connectivity index (χ1) is 9.86. The second-order valence-electron chi connectivity index (χ2n) is 5.97. The predicted molar refractivity (Wildman–Crippen MR) is 82.4 cm³/mol. The zero-order valence-electron chi connectivity index (χ0n) is 12.4. The Balaban J connectivity index is 2.63. The zero-order chi connectivity index (χ0) is 15.6. The van der Waals surface area contributed by atoms with Gasteiger partial charge < -0.3 is 9.90 Å². The lowest BCUT2D eigenvalue weighted by Crippen LogP contribution is -2.47. The van der Waals surface area contributed by atoms with Gasteiger partial charge in [-0.05, 0) is 37.1 Å². The average molecular weight is 285 g/mol. The average Bonchev–Trinajstić information content (AvgIpc) is 2.42. The van der Waals surface area contributed by atoms with Gasteiger partial charge in [-0.2, -0.15) is 0 Å². The van der Waals surface area contributed by atoms with Crippen LogP contribution in [0.5, 0.6) is 0 Å². The molecule has 0 aliphatic rings. The van der Waals surface area contributed by atoms with Crippen LogP contribution < -0.4 is 0 Å². The van der Waals surface area contributed by atoms with Gasteiger partial charge in [0, 0.05) is 5.54 Å². The van der Waals surface area contributed by atoms with Crippen LogP contribution in [-0.2, 0) is 4.79 Å². The lowest BCUT2D eigenvalue weighted by atomic mass is 9.95. The van der Waals surface area contributed by atoms with Crippen molar-refractivity contribution in [2.45, 2.75) is 32.4 Å². The van der Waals surface area contributed by atoms with E-state index in [4.69, 9.17) is 0 Å². The van der Waals surface area contributed by atoms with E-state index in [9.17, 15) is 14.7 Å². The fourth-order valence-corrected chi connectivity index (χ4v) is 2.60. The number of aldehydes is 1. The van der Waals surface area contributed by atoms with Gasteiger partial charge in [0.05, 0.1) is 0 Å². The van der Waals surface area contributed by atoms with Crippen LogP contribution >= 0.6 is 0 Å². The molecular weight excluding hydrogens is 266 g/mol. The first-order valence-electron chi connectivity index (χ1n) is 6.81. The number of rotatable bonds is 3. The molecule has 0 saturated carbocycles. The molecule has 4 nitrogen and oxygen atoms in total. The first-order valence-corrected chi connectivity index (χ1v) is 6.81. The Bertz CT molecular complexity index is 668. The van der Waals surface area contributed by atoms with Gasteiger partial charge in [-0.3, -0.25) is 4.90 Å². The number of hydrogen-bond donors (Lipinski definition) is 1. The lowest BCUT2D eigenvalue weighted by molar-refractivity contribution is -0.113. The van der Waals surface area contributed by atoms with E-state index in [0.717, 1.165) is 10.8 Å². The van der Waals surface area contributed by atoms with Crippen LogP contribution in [0.3, 0.4) is 0 Å². The SMILES string of the molecule is CC(C)(C)N(C(=O)O)C(C=O)c1cccc2ccccc12. The molecule has 0 aliphatic heterocycles. The number of benzene rings is 2. The molecule has 0 radical (unpaired) electrons.